The third-order valence-electron chi connectivity index (χ3n) is 4.11. The molecule has 0 unspecified atom stereocenters. The number of nitrogens with zero attached hydrogens (tertiary/aromatic N) is 4. The Morgan fingerprint density at radius 1 is 1.00 bits per heavy atom. The van der Waals surface area contributed by atoms with Crippen molar-refractivity contribution in [3.8, 4) is 28.8 Å². The van der Waals surface area contributed by atoms with Crippen LogP contribution in [0.4, 0.5) is 5.82 Å². The number of aryl methyl sites for hydroxylation is 1. The number of ether oxygens (including phenoxy) is 2. The Morgan fingerprint density at radius 2 is 1.83 bits per heavy atom. The van der Waals surface area contributed by atoms with Gasteiger partial charge in [0.2, 0.25) is 5.88 Å². The molecule has 0 saturated heterocycles. The summed E-state index contributed by atoms with van der Waals surface area (Å²) in [5.41, 5.74) is 1.73. The predicted octanol–water partition coefficient (Wildman–Crippen LogP) is 4.25. The highest BCUT2D eigenvalue weighted by Gasteiger charge is 2.12. The van der Waals surface area contributed by atoms with Gasteiger partial charge in [0.25, 0.3) is 5.89 Å². The number of aromatic nitrogens is 4. The lowest BCUT2D eigenvalue weighted by atomic mass is 10.2. The van der Waals surface area contributed by atoms with E-state index in [1.165, 1.54) is 0 Å². The molecule has 8 heteroatoms. The van der Waals surface area contributed by atoms with Crippen molar-refractivity contribution in [1.82, 2.24) is 20.1 Å². The van der Waals surface area contributed by atoms with Crippen molar-refractivity contribution in [3.05, 3.63) is 72.3 Å². The van der Waals surface area contributed by atoms with E-state index in [2.05, 4.69) is 25.4 Å². The quantitative estimate of drug-likeness (QED) is 0.501. The molecule has 4 aromatic rings. The first-order valence-electron chi connectivity index (χ1n) is 8.97. The van der Waals surface area contributed by atoms with E-state index in [9.17, 15) is 0 Å². The molecule has 0 fully saturated rings. The minimum absolute atomic E-state index is 0.427. The van der Waals surface area contributed by atoms with Gasteiger partial charge < -0.3 is 19.3 Å². The van der Waals surface area contributed by atoms with Gasteiger partial charge in [-0.2, -0.15) is 4.98 Å². The monoisotopic (exact) mass is 389 g/mol. The van der Waals surface area contributed by atoms with Gasteiger partial charge in [0.05, 0.1) is 12.7 Å². The lowest BCUT2D eigenvalue weighted by molar-refractivity contribution is 0.412. The number of hydrogen-bond acceptors (Lipinski definition) is 8. The molecule has 0 aliphatic rings. The van der Waals surface area contributed by atoms with Crippen molar-refractivity contribution in [1.29, 1.82) is 0 Å². The van der Waals surface area contributed by atoms with E-state index in [0.29, 0.717) is 35.7 Å². The summed E-state index contributed by atoms with van der Waals surface area (Å²) in [7, 11) is 1.63. The molecule has 0 aliphatic heterocycles. The lowest BCUT2D eigenvalue weighted by Gasteiger charge is -2.10. The molecule has 4 rings (SSSR count). The van der Waals surface area contributed by atoms with Crippen LogP contribution in [-0.2, 0) is 6.54 Å². The molecular weight excluding hydrogens is 370 g/mol. The molecule has 0 radical (unpaired) electrons. The molecule has 1 aromatic carbocycles. The largest absolute Gasteiger partial charge is 0.497 e. The molecule has 0 bridgehead atoms. The smallest absolute Gasteiger partial charge is 0.261 e. The second kappa shape index (κ2) is 8.39. The standard InChI is InChI=1S/C21H19N5O3/c1-14-25-21(29-26-14)18-4-3-10-23-20(18)24-13-15-9-11-22-19(12-15)28-17-7-5-16(27-2)6-8-17/h3-12H,13H2,1-2H3,(H,23,24). The van der Waals surface area contributed by atoms with Gasteiger partial charge in [0.1, 0.15) is 17.3 Å². The van der Waals surface area contributed by atoms with Crippen molar-refractivity contribution < 1.29 is 14.0 Å². The molecule has 3 aromatic heterocycles. The molecule has 0 amide bonds. The first kappa shape index (κ1) is 18.4. The molecule has 0 spiro atoms. The Bertz CT molecular complexity index is 1100. The maximum absolute atomic E-state index is 5.82. The Hall–Kier alpha value is -3.94. The first-order chi connectivity index (χ1) is 14.2. The van der Waals surface area contributed by atoms with Crippen LogP contribution in [0, 0.1) is 6.92 Å². The van der Waals surface area contributed by atoms with Gasteiger partial charge in [-0.3, -0.25) is 0 Å². The van der Waals surface area contributed by atoms with Gasteiger partial charge in [-0.05, 0) is 55.0 Å². The van der Waals surface area contributed by atoms with Crippen LogP contribution in [0.25, 0.3) is 11.5 Å². The minimum atomic E-state index is 0.427. The summed E-state index contributed by atoms with van der Waals surface area (Å²) in [5.74, 6) is 3.61. The molecule has 8 nitrogen and oxygen atoms in total. The van der Waals surface area contributed by atoms with E-state index >= 15 is 0 Å². The SMILES string of the molecule is COc1ccc(Oc2cc(CNc3ncccc3-c3nc(C)no3)ccn2)cc1. The summed E-state index contributed by atoms with van der Waals surface area (Å²) >= 11 is 0. The Kier molecular flexibility index (Phi) is 5.33. The minimum Gasteiger partial charge on any atom is -0.497 e. The van der Waals surface area contributed by atoms with E-state index < -0.39 is 0 Å². The molecular formula is C21H19N5O3. The Labute approximate surface area is 167 Å². The topological polar surface area (TPSA) is 95.2 Å². The number of pyridine rings is 2. The third kappa shape index (κ3) is 4.49. The number of anilines is 1. The summed E-state index contributed by atoms with van der Waals surface area (Å²) < 4.78 is 16.2. The molecule has 0 atom stereocenters. The second-order valence-corrected chi connectivity index (χ2v) is 6.18. The summed E-state index contributed by atoms with van der Waals surface area (Å²) in [6.45, 7) is 2.30. The maximum atomic E-state index is 5.82. The van der Waals surface area contributed by atoms with Crippen molar-refractivity contribution >= 4 is 5.82 Å². The van der Waals surface area contributed by atoms with Crippen LogP contribution >= 0.6 is 0 Å². The van der Waals surface area contributed by atoms with Gasteiger partial charge in [-0.25, -0.2) is 9.97 Å². The average Bonchev–Trinajstić information content (AvgIpc) is 3.19. The second-order valence-electron chi connectivity index (χ2n) is 6.18. The van der Waals surface area contributed by atoms with Crippen molar-refractivity contribution in [2.45, 2.75) is 13.5 Å². The number of hydrogen-bond donors (Lipinski definition) is 1. The van der Waals surface area contributed by atoms with E-state index in [0.717, 1.165) is 16.9 Å². The zero-order chi connectivity index (χ0) is 20.1. The fourth-order valence-electron chi connectivity index (χ4n) is 2.69. The molecule has 29 heavy (non-hydrogen) atoms. The molecule has 3 heterocycles. The lowest BCUT2D eigenvalue weighted by Crippen LogP contribution is -2.03. The van der Waals surface area contributed by atoms with Gasteiger partial charge >= 0.3 is 0 Å². The number of benzene rings is 1. The van der Waals surface area contributed by atoms with Crippen molar-refractivity contribution in [3.63, 3.8) is 0 Å². The van der Waals surface area contributed by atoms with Crippen LogP contribution in [0.3, 0.4) is 0 Å². The first-order valence-corrected chi connectivity index (χ1v) is 8.97. The highest BCUT2D eigenvalue weighted by atomic mass is 16.5. The van der Waals surface area contributed by atoms with E-state index in [4.69, 9.17) is 14.0 Å². The highest BCUT2D eigenvalue weighted by molar-refractivity contribution is 5.68. The van der Waals surface area contributed by atoms with Gasteiger partial charge in [0.15, 0.2) is 5.82 Å². The normalized spacial score (nSPS) is 10.6. The zero-order valence-electron chi connectivity index (χ0n) is 16.0. The Morgan fingerprint density at radius 3 is 2.59 bits per heavy atom. The van der Waals surface area contributed by atoms with Gasteiger partial charge in [0, 0.05) is 25.0 Å². The van der Waals surface area contributed by atoms with Gasteiger partial charge in [-0.1, -0.05) is 5.16 Å². The van der Waals surface area contributed by atoms with E-state index in [1.807, 2.05) is 48.5 Å². The van der Waals surface area contributed by atoms with Crippen molar-refractivity contribution in [2.75, 3.05) is 12.4 Å². The number of methoxy groups -OCH3 is 1. The summed E-state index contributed by atoms with van der Waals surface area (Å²) in [6.07, 6.45) is 3.41. The van der Waals surface area contributed by atoms with Crippen LogP contribution in [0.15, 0.2) is 65.4 Å². The molecule has 0 saturated carbocycles. The van der Waals surface area contributed by atoms with E-state index in [1.54, 1.807) is 26.4 Å². The number of nitrogens with one attached hydrogen (secondary N) is 1. The summed E-state index contributed by atoms with van der Waals surface area (Å²) in [4.78, 5) is 12.9. The fourth-order valence-corrected chi connectivity index (χ4v) is 2.69. The zero-order valence-corrected chi connectivity index (χ0v) is 16.0. The van der Waals surface area contributed by atoms with Crippen molar-refractivity contribution in [2.24, 2.45) is 0 Å². The third-order valence-corrected chi connectivity index (χ3v) is 4.11. The highest BCUT2D eigenvalue weighted by Crippen LogP contribution is 2.26. The summed E-state index contributed by atoms with van der Waals surface area (Å²) in [6, 6.07) is 14.8. The van der Waals surface area contributed by atoms with Crippen LogP contribution in [0.1, 0.15) is 11.4 Å². The van der Waals surface area contributed by atoms with Crippen LogP contribution in [-0.4, -0.2) is 27.2 Å². The van der Waals surface area contributed by atoms with Crippen LogP contribution < -0.4 is 14.8 Å². The number of rotatable bonds is 7. The Balaban J connectivity index is 1.46. The fraction of sp³-hybridized carbons (Fsp3) is 0.143. The van der Waals surface area contributed by atoms with E-state index in [-0.39, 0.29) is 0 Å². The molecule has 146 valence electrons. The van der Waals surface area contributed by atoms with Crippen LogP contribution in [0.5, 0.6) is 17.4 Å². The molecule has 1 N–H and O–H groups in total. The van der Waals surface area contributed by atoms with Crippen LogP contribution in [0.2, 0.25) is 0 Å². The maximum Gasteiger partial charge on any atom is 0.261 e. The average molecular weight is 389 g/mol. The summed E-state index contributed by atoms with van der Waals surface area (Å²) in [5, 5.41) is 7.15. The van der Waals surface area contributed by atoms with Gasteiger partial charge in [-0.15, -0.1) is 0 Å². The predicted molar refractivity (Wildman–Crippen MR) is 107 cm³/mol. The molecule has 0 aliphatic carbocycles.